The molecule has 1 aromatic heterocycles. The Labute approximate surface area is 179 Å². The predicted octanol–water partition coefficient (Wildman–Crippen LogP) is 2.33. The van der Waals surface area contributed by atoms with E-state index < -0.39 is 0 Å². The van der Waals surface area contributed by atoms with Crippen LogP contribution in [0.4, 0.5) is 0 Å². The lowest BCUT2D eigenvalue weighted by Crippen LogP contribution is -2.40. The Balaban J connectivity index is 0.00000261. The van der Waals surface area contributed by atoms with E-state index in [2.05, 4.69) is 34.2 Å². The molecule has 3 rings (SSSR count). The van der Waals surface area contributed by atoms with Gasteiger partial charge >= 0.3 is 5.69 Å². The first kappa shape index (κ1) is 22.2. The lowest BCUT2D eigenvalue weighted by atomic mass is 9.97. The highest BCUT2D eigenvalue weighted by atomic mass is 127. The number of aromatic nitrogens is 3. The first-order valence-corrected chi connectivity index (χ1v) is 10.2. The summed E-state index contributed by atoms with van der Waals surface area (Å²) in [4.78, 5) is 19.2. The van der Waals surface area contributed by atoms with Gasteiger partial charge in [0.05, 0.1) is 0 Å². The molecule has 1 fully saturated rings. The SMILES string of the molecule is CN=C(NCCCn1nc2n(c1=O)CCCC2)N1CCC(CC(C)C)C1.I. The Morgan fingerprint density at radius 2 is 2.15 bits per heavy atom. The maximum Gasteiger partial charge on any atom is 0.345 e. The minimum Gasteiger partial charge on any atom is -0.356 e. The third-order valence-corrected chi connectivity index (χ3v) is 5.46. The third kappa shape index (κ3) is 5.71. The molecule has 1 unspecified atom stereocenters. The highest BCUT2D eigenvalue weighted by molar-refractivity contribution is 14.0. The molecule has 1 atom stereocenters. The molecule has 2 aliphatic heterocycles. The zero-order valence-corrected chi connectivity index (χ0v) is 19.3. The monoisotopic (exact) mass is 490 g/mol. The van der Waals surface area contributed by atoms with Gasteiger partial charge in [-0.05, 0) is 43.9 Å². The number of aryl methyl sites for hydroxylation is 2. The predicted molar refractivity (Wildman–Crippen MR) is 120 cm³/mol. The first-order chi connectivity index (χ1) is 12.6. The molecule has 0 bridgehead atoms. The van der Waals surface area contributed by atoms with E-state index in [1.165, 1.54) is 12.8 Å². The van der Waals surface area contributed by atoms with Gasteiger partial charge in [-0.15, -0.1) is 24.0 Å². The summed E-state index contributed by atoms with van der Waals surface area (Å²) in [7, 11) is 1.85. The first-order valence-electron chi connectivity index (χ1n) is 10.2. The molecule has 0 spiro atoms. The van der Waals surface area contributed by atoms with Gasteiger partial charge in [0, 0.05) is 46.2 Å². The number of rotatable bonds is 6. The molecular formula is C19H35IN6O. The maximum absolute atomic E-state index is 12.3. The van der Waals surface area contributed by atoms with Crippen molar-refractivity contribution >= 4 is 29.9 Å². The molecule has 154 valence electrons. The molecule has 8 heteroatoms. The molecule has 0 amide bonds. The number of nitrogens with one attached hydrogen (secondary N) is 1. The highest BCUT2D eigenvalue weighted by Gasteiger charge is 2.25. The second kappa shape index (κ2) is 10.5. The second-order valence-corrected chi connectivity index (χ2v) is 8.09. The Morgan fingerprint density at radius 3 is 2.85 bits per heavy atom. The van der Waals surface area contributed by atoms with Crippen LogP contribution >= 0.6 is 24.0 Å². The normalized spacial score (nSPS) is 19.9. The van der Waals surface area contributed by atoms with Crippen LogP contribution < -0.4 is 11.0 Å². The Kier molecular flexibility index (Phi) is 8.62. The lowest BCUT2D eigenvalue weighted by molar-refractivity contribution is 0.403. The van der Waals surface area contributed by atoms with Crippen molar-refractivity contribution in [1.29, 1.82) is 0 Å². The molecule has 1 N–H and O–H groups in total. The lowest BCUT2D eigenvalue weighted by Gasteiger charge is -2.22. The number of hydrogen-bond donors (Lipinski definition) is 1. The summed E-state index contributed by atoms with van der Waals surface area (Å²) in [5, 5.41) is 7.96. The van der Waals surface area contributed by atoms with E-state index in [0.29, 0.717) is 6.54 Å². The number of nitrogens with zero attached hydrogens (tertiary/aromatic N) is 5. The number of guanidine groups is 1. The molecule has 7 nitrogen and oxygen atoms in total. The van der Waals surface area contributed by atoms with Crippen molar-refractivity contribution in [3.8, 4) is 0 Å². The summed E-state index contributed by atoms with van der Waals surface area (Å²) < 4.78 is 3.48. The molecule has 3 heterocycles. The highest BCUT2D eigenvalue weighted by Crippen LogP contribution is 2.23. The molecule has 1 saturated heterocycles. The van der Waals surface area contributed by atoms with Gasteiger partial charge in [0.2, 0.25) is 0 Å². The van der Waals surface area contributed by atoms with Crippen LogP contribution in [0.3, 0.4) is 0 Å². The zero-order chi connectivity index (χ0) is 18.5. The van der Waals surface area contributed by atoms with Crippen LogP contribution in [0.25, 0.3) is 0 Å². The minimum atomic E-state index is 0. The number of aliphatic imine (C=N–C) groups is 1. The average Bonchev–Trinajstić information content (AvgIpc) is 3.20. The Hall–Kier alpha value is -1.06. The molecule has 2 aliphatic rings. The van der Waals surface area contributed by atoms with Crippen LogP contribution in [0.15, 0.2) is 9.79 Å². The number of hydrogen-bond acceptors (Lipinski definition) is 3. The summed E-state index contributed by atoms with van der Waals surface area (Å²) in [6.45, 7) is 9.09. The number of halogens is 1. The maximum atomic E-state index is 12.3. The van der Waals surface area contributed by atoms with E-state index in [4.69, 9.17) is 0 Å². The van der Waals surface area contributed by atoms with E-state index >= 15 is 0 Å². The van der Waals surface area contributed by atoms with Crippen molar-refractivity contribution in [2.45, 2.75) is 65.5 Å². The van der Waals surface area contributed by atoms with E-state index in [1.54, 1.807) is 4.68 Å². The average molecular weight is 490 g/mol. The standard InChI is InChI=1S/C19H34N6O.HI/c1-15(2)13-16-8-12-23(14-16)18(20-3)21-9-6-11-25-19(26)24-10-5-4-7-17(24)22-25;/h15-16H,4-14H2,1-3H3,(H,20,21);1H. The van der Waals surface area contributed by atoms with Crippen molar-refractivity contribution in [1.82, 2.24) is 24.6 Å². The summed E-state index contributed by atoms with van der Waals surface area (Å²) >= 11 is 0. The van der Waals surface area contributed by atoms with Crippen molar-refractivity contribution in [2.24, 2.45) is 16.8 Å². The van der Waals surface area contributed by atoms with Crippen LogP contribution in [0.5, 0.6) is 0 Å². The van der Waals surface area contributed by atoms with Crippen LogP contribution in [0.2, 0.25) is 0 Å². The molecular weight excluding hydrogens is 455 g/mol. The van der Waals surface area contributed by atoms with E-state index in [-0.39, 0.29) is 29.7 Å². The Morgan fingerprint density at radius 1 is 1.33 bits per heavy atom. The van der Waals surface area contributed by atoms with E-state index in [9.17, 15) is 4.79 Å². The van der Waals surface area contributed by atoms with Crippen LogP contribution in [0, 0.1) is 11.8 Å². The third-order valence-electron chi connectivity index (χ3n) is 5.46. The van der Waals surface area contributed by atoms with Gasteiger partial charge in [0.25, 0.3) is 0 Å². The van der Waals surface area contributed by atoms with Gasteiger partial charge in [-0.2, -0.15) is 5.10 Å². The van der Waals surface area contributed by atoms with Gasteiger partial charge in [0.1, 0.15) is 5.82 Å². The fraction of sp³-hybridized carbons (Fsp3) is 0.842. The van der Waals surface area contributed by atoms with Crippen molar-refractivity contribution in [2.75, 3.05) is 26.7 Å². The quantitative estimate of drug-likeness (QED) is 0.288. The topological polar surface area (TPSA) is 67.5 Å². The van der Waals surface area contributed by atoms with Crippen LogP contribution in [0.1, 0.15) is 51.8 Å². The smallest absolute Gasteiger partial charge is 0.345 e. The van der Waals surface area contributed by atoms with E-state index in [0.717, 1.165) is 75.5 Å². The van der Waals surface area contributed by atoms with Gasteiger partial charge < -0.3 is 10.2 Å². The second-order valence-electron chi connectivity index (χ2n) is 8.09. The Bertz CT molecular complexity index is 680. The van der Waals surface area contributed by atoms with Crippen LogP contribution in [-0.4, -0.2) is 51.9 Å². The molecule has 0 aliphatic carbocycles. The summed E-state index contributed by atoms with van der Waals surface area (Å²) in [6, 6.07) is 0. The van der Waals surface area contributed by atoms with Gasteiger partial charge in [-0.25, -0.2) is 9.48 Å². The largest absolute Gasteiger partial charge is 0.356 e. The van der Waals surface area contributed by atoms with Crippen molar-refractivity contribution in [3.63, 3.8) is 0 Å². The van der Waals surface area contributed by atoms with Gasteiger partial charge in [0.15, 0.2) is 5.96 Å². The minimum absolute atomic E-state index is 0. The molecule has 0 saturated carbocycles. The van der Waals surface area contributed by atoms with Crippen LogP contribution in [-0.2, 0) is 19.5 Å². The van der Waals surface area contributed by atoms with E-state index in [1.807, 2.05) is 11.6 Å². The van der Waals surface area contributed by atoms with Gasteiger partial charge in [-0.3, -0.25) is 9.56 Å². The summed E-state index contributed by atoms with van der Waals surface area (Å²) in [5.74, 6) is 3.49. The zero-order valence-electron chi connectivity index (χ0n) is 17.0. The van der Waals surface area contributed by atoms with Crippen molar-refractivity contribution in [3.05, 3.63) is 16.3 Å². The molecule has 0 radical (unpaired) electrons. The molecule has 0 aromatic carbocycles. The summed E-state index contributed by atoms with van der Waals surface area (Å²) in [5.41, 5.74) is 0.0557. The molecule has 27 heavy (non-hydrogen) atoms. The number of likely N-dealkylation sites (tertiary alicyclic amines) is 1. The number of fused-ring (bicyclic) bond motifs is 1. The van der Waals surface area contributed by atoms with Gasteiger partial charge in [-0.1, -0.05) is 13.8 Å². The summed E-state index contributed by atoms with van der Waals surface area (Å²) in [6.07, 6.45) is 6.58. The molecule has 1 aromatic rings. The fourth-order valence-electron chi connectivity index (χ4n) is 4.24. The van der Waals surface area contributed by atoms with Crippen molar-refractivity contribution < 1.29 is 0 Å². The fourth-order valence-corrected chi connectivity index (χ4v) is 4.24.